The molecule has 1 unspecified atom stereocenters. The fourth-order valence-corrected chi connectivity index (χ4v) is 2.97. The van der Waals surface area contributed by atoms with Crippen LogP contribution in [0.25, 0.3) is 0 Å². The highest BCUT2D eigenvalue weighted by Gasteiger charge is 2.19. The molecule has 1 aliphatic heterocycles. The number of nitrogens with zero attached hydrogens (tertiary/aromatic N) is 1. The molecule has 0 saturated carbocycles. The average Bonchev–Trinajstić information content (AvgIpc) is 2.46. The lowest BCUT2D eigenvalue weighted by Crippen LogP contribution is -2.45. The van der Waals surface area contributed by atoms with E-state index >= 15 is 0 Å². The number of rotatable bonds is 5. The monoisotopic (exact) mass is 282 g/mol. The van der Waals surface area contributed by atoms with E-state index in [0.717, 1.165) is 31.9 Å². The summed E-state index contributed by atoms with van der Waals surface area (Å²) in [6, 6.07) is 6.70. The first-order valence-electron chi connectivity index (χ1n) is 7.01. The Morgan fingerprint density at radius 3 is 2.89 bits per heavy atom. The molecule has 0 bridgehead atoms. The Balaban J connectivity index is 2.03. The maximum absolute atomic E-state index is 6.19. The Morgan fingerprint density at radius 1 is 1.47 bits per heavy atom. The highest BCUT2D eigenvalue weighted by molar-refractivity contribution is 6.32. The van der Waals surface area contributed by atoms with Crippen molar-refractivity contribution in [3.05, 3.63) is 28.8 Å². The van der Waals surface area contributed by atoms with Gasteiger partial charge in [0.05, 0.1) is 12.1 Å². The fraction of sp³-hybridized carbons (Fsp3) is 0.600. The maximum Gasteiger partial charge on any atom is 0.137 e. The topological polar surface area (TPSA) is 24.5 Å². The summed E-state index contributed by atoms with van der Waals surface area (Å²) >= 11 is 6.19. The van der Waals surface area contributed by atoms with Crippen LogP contribution in [0.5, 0.6) is 5.75 Å². The summed E-state index contributed by atoms with van der Waals surface area (Å²) in [4.78, 5) is 2.52. The maximum atomic E-state index is 6.19. The molecular formula is C15H23ClN2O. The summed E-state index contributed by atoms with van der Waals surface area (Å²) in [7, 11) is 1.65. The van der Waals surface area contributed by atoms with Crippen molar-refractivity contribution in [2.75, 3.05) is 26.7 Å². The Bertz CT molecular complexity index is 405. The highest BCUT2D eigenvalue weighted by atomic mass is 35.5. The zero-order valence-corrected chi connectivity index (χ0v) is 12.5. The van der Waals surface area contributed by atoms with Crippen LogP contribution in [-0.2, 0) is 6.54 Å². The van der Waals surface area contributed by atoms with E-state index in [4.69, 9.17) is 16.3 Å². The predicted octanol–water partition coefficient (Wildman–Crippen LogP) is 2.92. The van der Waals surface area contributed by atoms with Crippen LogP contribution >= 0.6 is 11.6 Å². The van der Waals surface area contributed by atoms with Gasteiger partial charge in [-0.25, -0.2) is 0 Å². The second kappa shape index (κ2) is 7.13. The van der Waals surface area contributed by atoms with E-state index in [1.807, 2.05) is 12.1 Å². The fourth-order valence-electron chi connectivity index (χ4n) is 2.69. The van der Waals surface area contributed by atoms with E-state index in [2.05, 4.69) is 23.2 Å². The van der Waals surface area contributed by atoms with Crippen LogP contribution in [0, 0.1) is 0 Å². The SMILES string of the molecule is CCN(Cc1ccc(OC)c(Cl)c1)C1CCCNC1. The van der Waals surface area contributed by atoms with Gasteiger partial charge in [-0.3, -0.25) is 4.90 Å². The van der Waals surface area contributed by atoms with Gasteiger partial charge in [0.15, 0.2) is 0 Å². The number of likely N-dealkylation sites (N-methyl/N-ethyl adjacent to an activating group) is 1. The van der Waals surface area contributed by atoms with Gasteiger partial charge >= 0.3 is 0 Å². The van der Waals surface area contributed by atoms with Crippen molar-refractivity contribution >= 4 is 11.6 Å². The molecule has 1 heterocycles. The van der Waals surface area contributed by atoms with Crippen LogP contribution in [0.3, 0.4) is 0 Å². The lowest BCUT2D eigenvalue weighted by molar-refractivity contribution is 0.166. The normalized spacial score (nSPS) is 19.7. The first-order chi connectivity index (χ1) is 9.24. The van der Waals surface area contributed by atoms with Gasteiger partial charge < -0.3 is 10.1 Å². The number of hydrogen-bond donors (Lipinski definition) is 1. The third kappa shape index (κ3) is 3.85. The minimum Gasteiger partial charge on any atom is -0.495 e. The molecule has 4 heteroatoms. The van der Waals surface area contributed by atoms with Crippen molar-refractivity contribution in [1.29, 1.82) is 0 Å². The molecule has 1 fully saturated rings. The standard InChI is InChI=1S/C15H23ClN2O/c1-3-18(13-5-4-8-17-10-13)11-12-6-7-15(19-2)14(16)9-12/h6-7,9,13,17H,3-5,8,10-11H2,1-2H3. The number of nitrogens with one attached hydrogen (secondary N) is 1. The quantitative estimate of drug-likeness (QED) is 0.899. The van der Waals surface area contributed by atoms with Gasteiger partial charge in [0.25, 0.3) is 0 Å². The highest BCUT2D eigenvalue weighted by Crippen LogP contribution is 2.26. The van der Waals surface area contributed by atoms with Crippen molar-refractivity contribution in [2.24, 2.45) is 0 Å². The molecule has 106 valence electrons. The van der Waals surface area contributed by atoms with E-state index in [1.165, 1.54) is 18.4 Å². The van der Waals surface area contributed by atoms with Gasteiger partial charge in [-0.1, -0.05) is 24.6 Å². The van der Waals surface area contributed by atoms with Crippen molar-refractivity contribution in [2.45, 2.75) is 32.4 Å². The number of ether oxygens (including phenoxy) is 1. The molecule has 1 aromatic carbocycles. The lowest BCUT2D eigenvalue weighted by atomic mass is 10.0. The third-order valence-electron chi connectivity index (χ3n) is 3.80. The Morgan fingerprint density at radius 2 is 2.32 bits per heavy atom. The van der Waals surface area contributed by atoms with E-state index in [-0.39, 0.29) is 0 Å². The van der Waals surface area contributed by atoms with Crippen LogP contribution in [0.15, 0.2) is 18.2 Å². The van der Waals surface area contributed by atoms with Gasteiger partial charge in [-0.2, -0.15) is 0 Å². The molecule has 1 aliphatic rings. The summed E-state index contributed by atoms with van der Waals surface area (Å²) in [6.45, 7) is 6.49. The number of benzene rings is 1. The van der Waals surface area contributed by atoms with Gasteiger partial charge in [-0.15, -0.1) is 0 Å². The predicted molar refractivity (Wildman–Crippen MR) is 80.0 cm³/mol. The summed E-state index contributed by atoms with van der Waals surface area (Å²) in [5, 5.41) is 4.17. The van der Waals surface area contributed by atoms with E-state index < -0.39 is 0 Å². The van der Waals surface area contributed by atoms with Gasteiger partial charge in [0, 0.05) is 19.1 Å². The van der Waals surface area contributed by atoms with E-state index in [0.29, 0.717) is 11.1 Å². The minimum atomic E-state index is 0.639. The Hall–Kier alpha value is -0.770. The molecule has 0 aliphatic carbocycles. The molecule has 19 heavy (non-hydrogen) atoms. The van der Waals surface area contributed by atoms with Crippen molar-refractivity contribution < 1.29 is 4.74 Å². The van der Waals surface area contributed by atoms with E-state index in [9.17, 15) is 0 Å². The van der Waals surface area contributed by atoms with Crippen LogP contribution < -0.4 is 10.1 Å². The molecule has 0 amide bonds. The van der Waals surface area contributed by atoms with Gasteiger partial charge in [0.2, 0.25) is 0 Å². The number of halogens is 1. The second-order valence-corrected chi connectivity index (χ2v) is 5.44. The Labute approximate surface area is 120 Å². The zero-order valence-electron chi connectivity index (χ0n) is 11.8. The van der Waals surface area contributed by atoms with Gasteiger partial charge in [-0.05, 0) is 43.6 Å². The minimum absolute atomic E-state index is 0.639. The first kappa shape index (κ1) is 14.6. The molecule has 1 atom stereocenters. The molecule has 1 N–H and O–H groups in total. The first-order valence-corrected chi connectivity index (χ1v) is 7.39. The molecule has 2 rings (SSSR count). The average molecular weight is 283 g/mol. The zero-order chi connectivity index (χ0) is 13.7. The number of piperidine rings is 1. The van der Waals surface area contributed by atoms with Crippen molar-refractivity contribution in [3.8, 4) is 5.75 Å². The molecule has 0 spiro atoms. The third-order valence-corrected chi connectivity index (χ3v) is 4.09. The summed E-state index contributed by atoms with van der Waals surface area (Å²) in [5.41, 5.74) is 1.25. The molecule has 3 nitrogen and oxygen atoms in total. The van der Waals surface area contributed by atoms with Crippen LogP contribution in [-0.4, -0.2) is 37.7 Å². The van der Waals surface area contributed by atoms with Crippen molar-refractivity contribution in [3.63, 3.8) is 0 Å². The lowest BCUT2D eigenvalue weighted by Gasteiger charge is -2.34. The molecule has 1 aromatic rings. The van der Waals surface area contributed by atoms with Crippen LogP contribution in [0.2, 0.25) is 5.02 Å². The van der Waals surface area contributed by atoms with Crippen LogP contribution in [0.4, 0.5) is 0 Å². The molecule has 0 radical (unpaired) electrons. The molecule has 0 aromatic heterocycles. The summed E-state index contributed by atoms with van der Waals surface area (Å²) in [6.07, 6.45) is 2.55. The smallest absolute Gasteiger partial charge is 0.137 e. The van der Waals surface area contributed by atoms with Crippen LogP contribution in [0.1, 0.15) is 25.3 Å². The Kier molecular flexibility index (Phi) is 5.49. The molecular weight excluding hydrogens is 260 g/mol. The second-order valence-electron chi connectivity index (χ2n) is 5.03. The summed E-state index contributed by atoms with van der Waals surface area (Å²) in [5.74, 6) is 0.743. The largest absolute Gasteiger partial charge is 0.495 e. The number of hydrogen-bond acceptors (Lipinski definition) is 3. The van der Waals surface area contributed by atoms with Crippen molar-refractivity contribution in [1.82, 2.24) is 10.2 Å². The number of methoxy groups -OCH3 is 1. The van der Waals surface area contributed by atoms with Gasteiger partial charge in [0.1, 0.15) is 5.75 Å². The van der Waals surface area contributed by atoms with E-state index in [1.54, 1.807) is 7.11 Å². The summed E-state index contributed by atoms with van der Waals surface area (Å²) < 4.78 is 5.19. The molecule has 1 saturated heterocycles.